The summed E-state index contributed by atoms with van der Waals surface area (Å²) < 4.78 is 8.76. The molecule has 1 rings (SSSR count). The number of aromatic nitrogens is 2. The fraction of sp³-hybridized carbons (Fsp3) is 0.727. The summed E-state index contributed by atoms with van der Waals surface area (Å²) in [5, 5.41) is 4.30. The fourth-order valence-corrected chi connectivity index (χ4v) is 1.69. The maximum absolute atomic E-state index is 5.71. The zero-order chi connectivity index (χ0) is 11.3. The van der Waals surface area contributed by atoms with E-state index in [4.69, 9.17) is 4.74 Å². The van der Waals surface area contributed by atoms with Gasteiger partial charge in [-0.3, -0.25) is 4.68 Å². The first-order valence-corrected chi connectivity index (χ1v) is 6.30. The molecule has 0 aromatic carbocycles. The summed E-state index contributed by atoms with van der Waals surface area (Å²) in [5.74, 6) is 0. The molecule has 0 fully saturated rings. The molecule has 15 heavy (non-hydrogen) atoms. The van der Waals surface area contributed by atoms with Crippen LogP contribution in [0.15, 0.2) is 10.7 Å². The van der Waals surface area contributed by atoms with Crippen molar-refractivity contribution in [1.29, 1.82) is 0 Å². The number of hydrogen-bond acceptors (Lipinski definition) is 2. The highest BCUT2D eigenvalue weighted by molar-refractivity contribution is 9.10. The van der Waals surface area contributed by atoms with Gasteiger partial charge in [0.05, 0.1) is 29.1 Å². The monoisotopic (exact) mass is 274 g/mol. The van der Waals surface area contributed by atoms with Crippen LogP contribution in [0, 0.1) is 0 Å². The van der Waals surface area contributed by atoms with Crippen LogP contribution in [-0.2, 0) is 17.9 Å². The maximum Gasteiger partial charge on any atom is 0.0899 e. The molecule has 0 saturated heterocycles. The molecule has 3 nitrogen and oxygen atoms in total. The molecule has 0 bridgehead atoms. The summed E-state index contributed by atoms with van der Waals surface area (Å²) in [6.45, 7) is 7.95. The Labute approximate surface area is 99.9 Å². The smallest absolute Gasteiger partial charge is 0.0899 e. The predicted molar refractivity (Wildman–Crippen MR) is 64.8 cm³/mol. The molecule has 0 aliphatic carbocycles. The number of rotatable bonds is 6. The van der Waals surface area contributed by atoms with Crippen LogP contribution in [0.4, 0.5) is 0 Å². The van der Waals surface area contributed by atoms with E-state index in [-0.39, 0.29) is 0 Å². The number of hydrogen-bond donors (Lipinski definition) is 0. The van der Waals surface area contributed by atoms with Crippen molar-refractivity contribution >= 4 is 15.9 Å². The van der Waals surface area contributed by atoms with Crippen molar-refractivity contribution in [1.82, 2.24) is 9.78 Å². The second kappa shape index (κ2) is 6.28. The largest absolute Gasteiger partial charge is 0.372 e. The minimum atomic E-state index is 0.307. The summed E-state index contributed by atoms with van der Waals surface area (Å²) in [4.78, 5) is 0. The molecule has 0 radical (unpaired) electrons. The van der Waals surface area contributed by atoms with Crippen molar-refractivity contribution in [2.75, 3.05) is 0 Å². The molecule has 1 aromatic heterocycles. The lowest BCUT2D eigenvalue weighted by Gasteiger charge is -2.12. The number of ether oxygens (including phenoxy) is 1. The summed E-state index contributed by atoms with van der Waals surface area (Å²) in [7, 11) is 0. The Morgan fingerprint density at radius 1 is 1.53 bits per heavy atom. The molecule has 0 aliphatic rings. The highest BCUT2D eigenvalue weighted by Crippen LogP contribution is 2.18. The Bertz CT molecular complexity index is 299. The molecule has 0 spiro atoms. The third-order valence-corrected chi connectivity index (χ3v) is 3.08. The minimum Gasteiger partial charge on any atom is -0.372 e. The van der Waals surface area contributed by atoms with E-state index in [9.17, 15) is 0 Å². The van der Waals surface area contributed by atoms with Gasteiger partial charge in [0.25, 0.3) is 0 Å². The van der Waals surface area contributed by atoms with Crippen molar-refractivity contribution in [2.24, 2.45) is 0 Å². The van der Waals surface area contributed by atoms with Crippen molar-refractivity contribution in [3.63, 3.8) is 0 Å². The molecule has 0 saturated carbocycles. The lowest BCUT2D eigenvalue weighted by molar-refractivity contribution is 0.0463. The van der Waals surface area contributed by atoms with Crippen molar-refractivity contribution in [3.05, 3.63) is 16.4 Å². The summed E-state index contributed by atoms with van der Waals surface area (Å²) >= 11 is 3.50. The third kappa shape index (κ3) is 3.61. The van der Waals surface area contributed by atoms with Gasteiger partial charge < -0.3 is 4.74 Å². The van der Waals surface area contributed by atoms with E-state index in [2.05, 4.69) is 41.8 Å². The van der Waals surface area contributed by atoms with Crippen LogP contribution in [-0.4, -0.2) is 15.9 Å². The zero-order valence-electron chi connectivity index (χ0n) is 9.66. The average Bonchev–Trinajstić information content (AvgIpc) is 2.57. The van der Waals surface area contributed by atoms with Crippen LogP contribution in [0.5, 0.6) is 0 Å². The van der Waals surface area contributed by atoms with E-state index in [1.54, 1.807) is 0 Å². The molecule has 0 unspecified atom stereocenters. The Balaban J connectivity index is 2.61. The Hall–Kier alpha value is -0.350. The molecule has 0 N–H and O–H groups in total. The van der Waals surface area contributed by atoms with Crippen molar-refractivity contribution < 1.29 is 4.74 Å². The summed E-state index contributed by atoms with van der Waals surface area (Å²) in [6.07, 6.45) is 4.27. The Morgan fingerprint density at radius 3 is 2.87 bits per heavy atom. The van der Waals surface area contributed by atoms with E-state index in [0.29, 0.717) is 12.7 Å². The van der Waals surface area contributed by atoms with Gasteiger partial charge in [-0.1, -0.05) is 13.8 Å². The molecular formula is C11H19BrN2O. The van der Waals surface area contributed by atoms with Crippen LogP contribution >= 0.6 is 15.9 Å². The normalized spacial score (nSPS) is 13.1. The maximum atomic E-state index is 5.71. The first-order valence-electron chi connectivity index (χ1n) is 5.50. The molecular weight excluding hydrogens is 256 g/mol. The third-order valence-electron chi connectivity index (χ3n) is 2.41. The minimum absolute atomic E-state index is 0.307. The van der Waals surface area contributed by atoms with Crippen LogP contribution in [0.1, 0.15) is 39.3 Å². The van der Waals surface area contributed by atoms with Gasteiger partial charge in [0.1, 0.15) is 0 Å². The SMILES string of the molecule is CCCn1ncc(Br)c1CO[C@@H](C)CC. The van der Waals surface area contributed by atoms with Crippen molar-refractivity contribution in [2.45, 2.75) is 52.9 Å². The van der Waals surface area contributed by atoms with Crippen LogP contribution in [0.25, 0.3) is 0 Å². The van der Waals surface area contributed by atoms with E-state index in [1.807, 2.05) is 10.9 Å². The topological polar surface area (TPSA) is 27.1 Å². The fourth-order valence-electron chi connectivity index (χ4n) is 1.27. The first kappa shape index (κ1) is 12.7. The van der Waals surface area contributed by atoms with E-state index in [0.717, 1.165) is 29.6 Å². The predicted octanol–water partition coefficient (Wildman–Crippen LogP) is 3.37. The van der Waals surface area contributed by atoms with Gasteiger partial charge in [-0.2, -0.15) is 5.10 Å². The molecule has 1 heterocycles. The van der Waals surface area contributed by atoms with Gasteiger partial charge >= 0.3 is 0 Å². The molecule has 86 valence electrons. The highest BCUT2D eigenvalue weighted by Gasteiger charge is 2.09. The van der Waals surface area contributed by atoms with Gasteiger partial charge in [0.2, 0.25) is 0 Å². The molecule has 4 heteroatoms. The van der Waals surface area contributed by atoms with Crippen molar-refractivity contribution in [3.8, 4) is 0 Å². The second-order valence-electron chi connectivity index (χ2n) is 3.69. The Morgan fingerprint density at radius 2 is 2.27 bits per heavy atom. The lowest BCUT2D eigenvalue weighted by atomic mass is 10.3. The van der Waals surface area contributed by atoms with Gasteiger partial charge in [-0.25, -0.2) is 0 Å². The summed E-state index contributed by atoms with van der Waals surface area (Å²) in [6, 6.07) is 0. The van der Waals surface area contributed by atoms with E-state index in [1.165, 1.54) is 0 Å². The molecule has 1 atom stereocenters. The lowest BCUT2D eigenvalue weighted by Crippen LogP contribution is -2.11. The standard InChI is InChI=1S/C11H19BrN2O/c1-4-6-14-11(10(12)7-13-14)8-15-9(3)5-2/h7,9H,4-6,8H2,1-3H3/t9-/m0/s1. The van der Waals surface area contributed by atoms with Crippen LogP contribution in [0.3, 0.4) is 0 Å². The highest BCUT2D eigenvalue weighted by atomic mass is 79.9. The number of nitrogens with zero attached hydrogens (tertiary/aromatic N) is 2. The summed E-state index contributed by atoms with van der Waals surface area (Å²) in [5.41, 5.74) is 1.14. The van der Waals surface area contributed by atoms with Gasteiger partial charge in [-0.15, -0.1) is 0 Å². The quantitative estimate of drug-likeness (QED) is 0.795. The van der Waals surface area contributed by atoms with E-state index < -0.39 is 0 Å². The molecule has 1 aromatic rings. The van der Waals surface area contributed by atoms with Gasteiger partial charge in [-0.05, 0) is 35.7 Å². The van der Waals surface area contributed by atoms with Gasteiger partial charge in [0.15, 0.2) is 0 Å². The number of halogens is 1. The number of aryl methyl sites for hydroxylation is 1. The average molecular weight is 275 g/mol. The first-order chi connectivity index (χ1) is 7.19. The van der Waals surface area contributed by atoms with Gasteiger partial charge in [0, 0.05) is 6.54 Å². The molecule has 0 amide bonds. The zero-order valence-corrected chi connectivity index (χ0v) is 11.2. The van der Waals surface area contributed by atoms with Crippen LogP contribution < -0.4 is 0 Å². The molecule has 0 aliphatic heterocycles. The van der Waals surface area contributed by atoms with Crippen LogP contribution in [0.2, 0.25) is 0 Å². The van der Waals surface area contributed by atoms with E-state index >= 15 is 0 Å². The Kier molecular flexibility index (Phi) is 5.32. The second-order valence-corrected chi connectivity index (χ2v) is 4.55.